The lowest BCUT2D eigenvalue weighted by Gasteiger charge is -2.22. The highest BCUT2D eigenvalue weighted by molar-refractivity contribution is 6.31. The van der Waals surface area contributed by atoms with Crippen molar-refractivity contribution in [3.05, 3.63) is 34.3 Å². The molecule has 1 aliphatic heterocycles. The van der Waals surface area contributed by atoms with Crippen LogP contribution >= 0.6 is 11.6 Å². The Hall–Kier alpha value is -1.55. The van der Waals surface area contributed by atoms with Crippen LogP contribution in [0.3, 0.4) is 0 Å². The van der Waals surface area contributed by atoms with Crippen LogP contribution in [0.2, 0.25) is 5.02 Å². The Morgan fingerprint density at radius 2 is 2.31 bits per heavy atom. The van der Waals surface area contributed by atoms with Crippen LogP contribution in [0.15, 0.2) is 18.2 Å². The van der Waals surface area contributed by atoms with Crippen molar-refractivity contribution in [1.29, 1.82) is 0 Å². The number of hydrogen-bond donors (Lipinski definition) is 0. The molecule has 0 N–H and O–H groups in total. The molecule has 0 saturated heterocycles. The number of hydrogen-bond acceptors (Lipinski definition) is 4. The SMILES string of the molecule is COC(=O)[C@@H]1Cc2ccc(Cl)cc2C(=O)O1. The summed E-state index contributed by atoms with van der Waals surface area (Å²) in [6.07, 6.45) is -0.531. The van der Waals surface area contributed by atoms with Gasteiger partial charge in [-0.25, -0.2) is 9.59 Å². The van der Waals surface area contributed by atoms with E-state index in [1.807, 2.05) is 0 Å². The molecule has 4 nitrogen and oxygen atoms in total. The standard InChI is InChI=1S/C11H9ClO4/c1-15-11(14)9-4-6-2-3-7(12)5-8(6)10(13)16-9/h2-3,5,9H,4H2,1H3/t9-/m0/s1. The lowest BCUT2D eigenvalue weighted by molar-refractivity contribution is -0.151. The third kappa shape index (κ3) is 1.88. The second-order valence-electron chi connectivity index (χ2n) is 3.42. The molecule has 0 radical (unpaired) electrons. The highest BCUT2D eigenvalue weighted by Crippen LogP contribution is 2.24. The molecule has 16 heavy (non-hydrogen) atoms. The number of fused-ring (bicyclic) bond motifs is 1. The normalized spacial score (nSPS) is 18.6. The van der Waals surface area contributed by atoms with Crippen LogP contribution < -0.4 is 0 Å². The fourth-order valence-corrected chi connectivity index (χ4v) is 1.79. The highest BCUT2D eigenvalue weighted by atomic mass is 35.5. The summed E-state index contributed by atoms with van der Waals surface area (Å²) in [5.74, 6) is -1.09. The minimum atomic E-state index is -0.855. The van der Waals surface area contributed by atoms with E-state index in [0.717, 1.165) is 5.56 Å². The minimum Gasteiger partial charge on any atom is -0.466 e. The van der Waals surface area contributed by atoms with E-state index in [1.54, 1.807) is 12.1 Å². The lowest BCUT2D eigenvalue weighted by Crippen LogP contribution is -2.35. The van der Waals surface area contributed by atoms with Crippen molar-refractivity contribution in [2.75, 3.05) is 7.11 Å². The first-order valence-electron chi connectivity index (χ1n) is 4.69. The maximum Gasteiger partial charge on any atom is 0.347 e. The molecular weight excluding hydrogens is 232 g/mol. The van der Waals surface area contributed by atoms with Gasteiger partial charge in [-0.05, 0) is 17.7 Å². The molecular formula is C11H9ClO4. The molecule has 0 fully saturated rings. The van der Waals surface area contributed by atoms with Crippen molar-refractivity contribution in [3.8, 4) is 0 Å². The van der Waals surface area contributed by atoms with E-state index in [0.29, 0.717) is 17.0 Å². The van der Waals surface area contributed by atoms with Gasteiger partial charge in [-0.15, -0.1) is 0 Å². The van der Waals surface area contributed by atoms with Crippen LogP contribution in [0.4, 0.5) is 0 Å². The maximum absolute atomic E-state index is 11.6. The Labute approximate surface area is 97.1 Å². The van der Waals surface area contributed by atoms with Gasteiger partial charge >= 0.3 is 11.9 Å². The first kappa shape index (κ1) is 11.0. The average Bonchev–Trinajstić information content (AvgIpc) is 2.28. The zero-order chi connectivity index (χ0) is 11.7. The zero-order valence-electron chi connectivity index (χ0n) is 8.53. The number of rotatable bonds is 1. The Bertz CT molecular complexity index is 455. The van der Waals surface area contributed by atoms with Crippen molar-refractivity contribution >= 4 is 23.5 Å². The number of ether oxygens (including phenoxy) is 2. The second kappa shape index (κ2) is 4.14. The second-order valence-corrected chi connectivity index (χ2v) is 3.86. The lowest BCUT2D eigenvalue weighted by atomic mass is 9.99. The van der Waals surface area contributed by atoms with Gasteiger partial charge in [0.25, 0.3) is 0 Å². The minimum absolute atomic E-state index is 0.324. The van der Waals surface area contributed by atoms with Crippen LogP contribution in [-0.4, -0.2) is 25.2 Å². The molecule has 2 rings (SSSR count). The molecule has 84 valence electrons. The van der Waals surface area contributed by atoms with Crippen molar-refractivity contribution in [2.45, 2.75) is 12.5 Å². The van der Waals surface area contributed by atoms with E-state index < -0.39 is 18.0 Å². The number of benzene rings is 1. The van der Waals surface area contributed by atoms with E-state index in [1.165, 1.54) is 13.2 Å². The molecule has 1 heterocycles. The van der Waals surface area contributed by atoms with E-state index in [4.69, 9.17) is 16.3 Å². The van der Waals surface area contributed by atoms with Crippen LogP contribution in [0, 0.1) is 0 Å². The third-order valence-electron chi connectivity index (χ3n) is 2.41. The molecule has 0 spiro atoms. The number of cyclic esters (lactones) is 1. The van der Waals surface area contributed by atoms with Gasteiger partial charge in [-0.2, -0.15) is 0 Å². The molecule has 0 aromatic heterocycles. The average molecular weight is 241 g/mol. The molecule has 0 aliphatic carbocycles. The molecule has 1 aliphatic rings. The molecule has 1 aromatic carbocycles. The van der Waals surface area contributed by atoms with E-state index in [-0.39, 0.29) is 0 Å². The molecule has 0 bridgehead atoms. The predicted molar refractivity (Wildman–Crippen MR) is 56.4 cm³/mol. The van der Waals surface area contributed by atoms with E-state index in [9.17, 15) is 9.59 Å². The van der Waals surface area contributed by atoms with Crippen molar-refractivity contribution in [2.24, 2.45) is 0 Å². The fourth-order valence-electron chi connectivity index (χ4n) is 1.61. The summed E-state index contributed by atoms with van der Waals surface area (Å²) in [4.78, 5) is 22.8. The largest absolute Gasteiger partial charge is 0.466 e. The van der Waals surface area contributed by atoms with Crippen LogP contribution in [0.1, 0.15) is 15.9 Å². The van der Waals surface area contributed by atoms with Gasteiger partial charge in [-0.3, -0.25) is 0 Å². The quantitative estimate of drug-likeness (QED) is 0.700. The highest BCUT2D eigenvalue weighted by Gasteiger charge is 2.31. The Morgan fingerprint density at radius 1 is 1.56 bits per heavy atom. The molecule has 1 aromatic rings. The molecule has 1 atom stereocenters. The molecule has 5 heteroatoms. The molecule has 0 unspecified atom stereocenters. The molecule has 0 saturated carbocycles. The summed E-state index contributed by atoms with van der Waals surface area (Å²) >= 11 is 5.77. The summed E-state index contributed by atoms with van der Waals surface area (Å²) in [5.41, 5.74) is 1.16. The third-order valence-corrected chi connectivity index (χ3v) is 2.65. The fraction of sp³-hybridized carbons (Fsp3) is 0.273. The summed E-state index contributed by atoms with van der Waals surface area (Å²) in [5, 5.41) is 0.465. The Kier molecular flexibility index (Phi) is 2.83. The van der Waals surface area contributed by atoms with E-state index in [2.05, 4.69) is 4.74 Å². The van der Waals surface area contributed by atoms with Crippen molar-refractivity contribution in [3.63, 3.8) is 0 Å². The predicted octanol–water partition coefficient (Wildman–Crippen LogP) is 1.59. The summed E-state index contributed by atoms with van der Waals surface area (Å²) in [6.45, 7) is 0. The van der Waals surface area contributed by atoms with Crippen molar-refractivity contribution in [1.82, 2.24) is 0 Å². The Morgan fingerprint density at radius 3 is 3.00 bits per heavy atom. The number of carbonyl (C=O) groups is 2. The van der Waals surface area contributed by atoms with Gasteiger partial charge in [0.1, 0.15) is 0 Å². The van der Waals surface area contributed by atoms with Crippen molar-refractivity contribution < 1.29 is 19.1 Å². The maximum atomic E-state index is 11.6. The van der Waals surface area contributed by atoms with E-state index >= 15 is 0 Å². The van der Waals surface area contributed by atoms with Gasteiger partial charge < -0.3 is 9.47 Å². The smallest absolute Gasteiger partial charge is 0.347 e. The van der Waals surface area contributed by atoms with Crippen LogP contribution in [0.5, 0.6) is 0 Å². The first-order valence-corrected chi connectivity index (χ1v) is 5.07. The number of methoxy groups -OCH3 is 1. The van der Waals surface area contributed by atoms with Crippen LogP contribution in [-0.2, 0) is 20.7 Å². The first-order chi connectivity index (χ1) is 7.61. The van der Waals surface area contributed by atoms with Gasteiger partial charge in [-0.1, -0.05) is 17.7 Å². The van der Waals surface area contributed by atoms with Gasteiger partial charge in [0, 0.05) is 11.4 Å². The number of halogens is 1. The summed E-state index contributed by atoms with van der Waals surface area (Å²) < 4.78 is 9.48. The molecule has 0 amide bonds. The number of carbonyl (C=O) groups excluding carboxylic acids is 2. The van der Waals surface area contributed by atoms with Gasteiger partial charge in [0.15, 0.2) is 0 Å². The zero-order valence-corrected chi connectivity index (χ0v) is 9.28. The summed E-state index contributed by atoms with van der Waals surface area (Å²) in [6, 6.07) is 4.92. The number of esters is 2. The topological polar surface area (TPSA) is 52.6 Å². The monoisotopic (exact) mass is 240 g/mol. The van der Waals surface area contributed by atoms with Crippen LogP contribution in [0.25, 0.3) is 0 Å². The Balaban J connectivity index is 2.33. The summed E-state index contributed by atoms with van der Waals surface area (Å²) in [7, 11) is 1.26. The van der Waals surface area contributed by atoms with Gasteiger partial charge in [0.2, 0.25) is 6.10 Å². The van der Waals surface area contributed by atoms with Gasteiger partial charge in [0.05, 0.1) is 12.7 Å².